The standard InChI is InChI=1S/C14H14ClNO2S/c15-14-6-5-9(19-14)7-10(16)13-8-17-11-3-1-2-4-12(11)18-13/h1-6,10,13H,7-8,16H2. The third-order valence-electron chi connectivity index (χ3n) is 3.07. The van der Waals surface area contributed by atoms with Crippen molar-refractivity contribution in [1.29, 1.82) is 0 Å². The van der Waals surface area contributed by atoms with Gasteiger partial charge in [-0.05, 0) is 24.3 Å². The number of ether oxygens (including phenoxy) is 2. The van der Waals surface area contributed by atoms with E-state index in [1.807, 2.05) is 36.4 Å². The fraction of sp³-hybridized carbons (Fsp3) is 0.286. The van der Waals surface area contributed by atoms with Gasteiger partial charge in [-0.1, -0.05) is 23.7 Å². The molecule has 0 radical (unpaired) electrons. The highest BCUT2D eigenvalue weighted by atomic mass is 35.5. The van der Waals surface area contributed by atoms with Crippen molar-refractivity contribution in [3.05, 3.63) is 45.6 Å². The molecule has 2 atom stereocenters. The molecule has 0 aliphatic carbocycles. The molecule has 100 valence electrons. The quantitative estimate of drug-likeness (QED) is 0.946. The molecule has 0 saturated carbocycles. The van der Waals surface area contributed by atoms with Crippen LogP contribution < -0.4 is 15.2 Å². The Morgan fingerprint density at radius 2 is 2.05 bits per heavy atom. The smallest absolute Gasteiger partial charge is 0.161 e. The minimum atomic E-state index is -0.129. The Kier molecular flexibility index (Phi) is 3.64. The number of hydrogen-bond donors (Lipinski definition) is 1. The van der Waals surface area contributed by atoms with Crippen molar-refractivity contribution in [3.8, 4) is 11.5 Å². The first-order valence-corrected chi connectivity index (χ1v) is 7.30. The lowest BCUT2D eigenvalue weighted by Gasteiger charge is -2.30. The van der Waals surface area contributed by atoms with E-state index < -0.39 is 0 Å². The van der Waals surface area contributed by atoms with Gasteiger partial charge in [-0.2, -0.15) is 0 Å². The molecule has 0 saturated heterocycles. The molecule has 1 aliphatic heterocycles. The molecule has 1 aromatic heterocycles. The normalized spacial score (nSPS) is 19.2. The third-order valence-corrected chi connectivity index (χ3v) is 4.33. The Labute approximate surface area is 120 Å². The number of rotatable bonds is 3. The van der Waals surface area contributed by atoms with Crippen molar-refractivity contribution in [2.24, 2.45) is 5.73 Å². The average molecular weight is 296 g/mol. The van der Waals surface area contributed by atoms with Crippen molar-refractivity contribution in [1.82, 2.24) is 0 Å². The monoisotopic (exact) mass is 295 g/mol. The summed E-state index contributed by atoms with van der Waals surface area (Å²) >= 11 is 7.47. The van der Waals surface area contributed by atoms with E-state index in [1.165, 1.54) is 4.88 Å². The van der Waals surface area contributed by atoms with Gasteiger partial charge in [-0.3, -0.25) is 0 Å². The Balaban J connectivity index is 1.67. The minimum Gasteiger partial charge on any atom is -0.486 e. The summed E-state index contributed by atoms with van der Waals surface area (Å²) in [5.41, 5.74) is 6.21. The lowest BCUT2D eigenvalue weighted by atomic mass is 10.1. The predicted molar refractivity (Wildman–Crippen MR) is 77.4 cm³/mol. The van der Waals surface area contributed by atoms with E-state index in [1.54, 1.807) is 11.3 Å². The molecule has 0 spiro atoms. The maximum atomic E-state index is 6.21. The lowest BCUT2D eigenvalue weighted by molar-refractivity contribution is 0.0724. The van der Waals surface area contributed by atoms with Crippen LogP contribution in [0, 0.1) is 0 Å². The average Bonchev–Trinajstić information content (AvgIpc) is 2.83. The summed E-state index contributed by atoms with van der Waals surface area (Å²) in [5.74, 6) is 1.54. The summed E-state index contributed by atoms with van der Waals surface area (Å²) in [7, 11) is 0. The van der Waals surface area contributed by atoms with Crippen molar-refractivity contribution >= 4 is 22.9 Å². The number of nitrogens with two attached hydrogens (primary N) is 1. The van der Waals surface area contributed by atoms with Gasteiger partial charge in [-0.15, -0.1) is 11.3 Å². The van der Waals surface area contributed by atoms with Crippen LogP contribution in [-0.4, -0.2) is 18.8 Å². The molecule has 2 unspecified atom stereocenters. The van der Waals surface area contributed by atoms with Crippen LogP contribution in [0.2, 0.25) is 4.34 Å². The first kappa shape index (κ1) is 12.8. The number of benzene rings is 1. The van der Waals surface area contributed by atoms with E-state index in [4.69, 9.17) is 26.8 Å². The molecule has 19 heavy (non-hydrogen) atoms. The van der Waals surface area contributed by atoms with Gasteiger partial charge < -0.3 is 15.2 Å². The molecule has 1 aliphatic rings. The number of para-hydroxylation sites is 2. The molecular formula is C14H14ClNO2S. The van der Waals surface area contributed by atoms with E-state index in [9.17, 15) is 0 Å². The first-order valence-electron chi connectivity index (χ1n) is 6.10. The Morgan fingerprint density at radius 1 is 1.26 bits per heavy atom. The van der Waals surface area contributed by atoms with E-state index in [0.717, 1.165) is 22.3 Å². The largest absolute Gasteiger partial charge is 0.486 e. The third kappa shape index (κ3) is 2.86. The van der Waals surface area contributed by atoms with Crippen molar-refractivity contribution in [2.45, 2.75) is 18.6 Å². The summed E-state index contributed by atoms with van der Waals surface area (Å²) in [4.78, 5) is 1.17. The second-order valence-electron chi connectivity index (χ2n) is 4.49. The molecule has 2 aromatic rings. The Hall–Kier alpha value is -1.23. The molecule has 2 N–H and O–H groups in total. The van der Waals surface area contributed by atoms with Crippen LogP contribution in [-0.2, 0) is 6.42 Å². The Morgan fingerprint density at radius 3 is 2.79 bits per heavy atom. The minimum absolute atomic E-state index is 0.108. The molecule has 0 bridgehead atoms. The van der Waals surface area contributed by atoms with Crippen molar-refractivity contribution in [3.63, 3.8) is 0 Å². The van der Waals surface area contributed by atoms with Gasteiger partial charge in [-0.25, -0.2) is 0 Å². The van der Waals surface area contributed by atoms with Crippen molar-refractivity contribution < 1.29 is 9.47 Å². The number of halogens is 1. The van der Waals surface area contributed by atoms with Crippen LogP contribution in [0.4, 0.5) is 0 Å². The van der Waals surface area contributed by atoms with Gasteiger partial charge >= 0.3 is 0 Å². The van der Waals surface area contributed by atoms with Crippen molar-refractivity contribution in [2.75, 3.05) is 6.61 Å². The molecular weight excluding hydrogens is 282 g/mol. The first-order chi connectivity index (χ1) is 9.22. The van der Waals surface area contributed by atoms with Crippen LogP contribution in [0.1, 0.15) is 4.88 Å². The summed E-state index contributed by atoms with van der Waals surface area (Å²) in [5, 5.41) is 0. The van der Waals surface area contributed by atoms with E-state index in [-0.39, 0.29) is 12.1 Å². The summed E-state index contributed by atoms with van der Waals surface area (Å²) in [6.07, 6.45) is 0.615. The topological polar surface area (TPSA) is 44.5 Å². The second-order valence-corrected chi connectivity index (χ2v) is 6.29. The van der Waals surface area contributed by atoms with Gasteiger partial charge in [0.15, 0.2) is 11.5 Å². The zero-order chi connectivity index (χ0) is 13.2. The zero-order valence-electron chi connectivity index (χ0n) is 10.2. The van der Waals surface area contributed by atoms with Crippen LogP contribution in [0.15, 0.2) is 36.4 Å². The van der Waals surface area contributed by atoms with Gasteiger partial charge in [0.25, 0.3) is 0 Å². The molecule has 0 fully saturated rings. The highest BCUT2D eigenvalue weighted by Crippen LogP contribution is 2.32. The fourth-order valence-corrected chi connectivity index (χ4v) is 3.23. The molecule has 3 rings (SSSR count). The highest BCUT2D eigenvalue weighted by molar-refractivity contribution is 7.16. The summed E-state index contributed by atoms with van der Waals surface area (Å²) in [6, 6.07) is 11.4. The van der Waals surface area contributed by atoms with Gasteiger partial charge in [0, 0.05) is 17.3 Å². The zero-order valence-corrected chi connectivity index (χ0v) is 11.8. The molecule has 5 heteroatoms. The molecule has 2 heterocycles. The van der Waals surface area contributed by atoms with E-state index in [0.29, 0.717) is 6.61 Å². The van der Waals surface area contributed by atoms with E-state index >= 15 is 0 Å². The second kappa shape index (κ2) is 5.41. The fourth-order valence-electron chi connectivity index (χ4n) is 2.07. The predicted octanol–water partition coefficient (Wildman–Crippen LogP) is 3.11. The maximum absolute atomic E-state index is 6.21. The van der Waals surface area contributed by atoms with Crippen LogP contribution in [0.3, 0.4) is 0 Å². The SMILES string of the molecule is NC(Cc1ccc(Cl)s1)C1COc2ccccc2O1. The molecule has 1 aromatic carbocycles. The van der Waals surface area contributed by atoms with Gasteiger partial charge in [0.2, 0.25) is 0 Å². The molecule has 0 amide bonds. The van der Waals surface area contributed by atoms with E-state index in [2.05, 4.69) is 0 Å². The number of thiophene rings is 1. The summed E-state index contributed by atoms with van der Waals surface area (Å²) < 4.78 is 12.4. The maximum Gasteiger partial charge on any atom is 0.161 e. The number of fused-ring (bicyclic) bond motifs is 1. The summed E-state index contributed by atoms with van der Waals surface area (Å²) in [6.45, 7) is 0.483. The lowest BCUT2D eigenvalue weighted by Crippen LogP contribution is -2.46. The van der Waals surface area contributed by atoms with Gasteiger partial charge in [0.1, 0.15) is 12.7 Å². The van der Waals surface area contributed by atoms with Gasteiger partial charge in [0.05, 0.1) is 4.34 Å². The Bertz CT molecular complexity index is 572. The number of hydrogen-bond acceptors (Lipinski definition) is 4. The van der Waals surface area contributed by atoms with Crippen LogP contribution >= 0.6 is 22.9 Å². The molecule has 3 nitrogen and oxygen atoms in total. The highest BCUT2D eigenvalue weighted by Gasteiger charge is 2.26. The van der Waals surface area contributed by atoms with Crippen LogP contribution in [0.25, 0.3) is 0 Å². The van der Waals surface area contributed by atoms with Crippen LogP contribution in [0.5, 0.6) is 11.5 Å².